The fraction of sp³-hybridized carbons (Fsp3) is 0.600. The highest BCUT2D eigenvalue weighted by Gasteiger charge is 2.46. The monoisotopic (exact) mass is 283 g/mol. The molecule has 1 aromatic rings. The molecule has 1 saturated heterocycles. The van der Waals surface area contributed by atoms with E-state index >= 15 is 0 Å². The van der Waals surface area contributed by atoms with E-state index in [1.165, 1.54) is 25.0 Å². The van der Waals surface area contributed by atoms with Gasteiger partial charge in [-0.1, -0.05) is 11.6 Å². The molecule has 0 aromatic heterocycles. The molecular formula is C15H19ClFNO. The molecule has 1 aliphatic heterocycles. The van der Waals surface area contributed by atoms with Crippen LogP contribution in [-0.2, 0) is 6.42 Å². The third-order valence-corrected chi connectivity index (χ3v) is 4.50. The predicted octanol–water partition coefficient (Wildman–Crippen LogP) is 3.01. The first kappa shape index (κ1) is 13.3. The third-order valence-electron chi connectivity index (χ3n) is 4.26. The molecule has 0 radical (unpaired) electrons. The average Bonchev–Trinajstić information content (AvgIpc) is 3.11. The van der Waals surface area contributed by atoms with E-state index in [2.05, 4.69) is 11.8 Å². The number of nitrogens with zero attached hydrogens (tertiary/aromatic N) is 1. The summed E-state index contributed by atoms with van der Waals surface area (Å²) in [5.74, 6) is -0.282. The highest BCUT2D eigenvalue weighted by atomic mass is 35.5. The number of benzene rings is 1. The van der Waals surface area contributed by atoms with Gasteiger partial charge in [-0.15, -0.1) is 0 Å². The van der Waals surface area contributed by atoms with Crippen molar-refractivity contribution >= 4 is 11.6 Å². The number of halogens is 2. The highest BCUT2D eigenvalue weighted by molar-refractivity contribution is 6.30. The summed E-state index contributed by atoms with van der Waals surface area (Å²) in [6.45, 7) is 2.79. The summed E-state index contributed by atoms with van der Waals surface area (Å²) in [6, 6.07) is 5.54. The average molecular weight is 284 g/mol. The maximum absolute atomic E-state index is 13.8. The van der Waals surface area contributed by atoms with Crippen LogP contribution in [0.1, 0.15) is 31.7 Å². The second kappa shape index (κ2) is 4.72. The second-order valence-corrected chi connectivity index (χ2v) is 6.53. The van der Waals surface area contributed by atoms with Gasteiger partial charge in [0, 0.05) is 30.1 Å². The molecule has 1 N–H and O–H groups in total. The molecule has 1 heterocycles. The van der Waals surface area contributed by atoms with Crippen LogP contribution in [0.2, 0.25) is 5.02 Å². The van der Waals surface area contributed by atoms with E-state index in [1.807, 2.05) is 0 Å². The van der Waals surface area contributed by atoms with Crippen LogP contribution in [-0.4, -0.2) is 34.2 Å². The predicted molar refractivity (Wildman–Crippen MR) is 73.9 cm³/mol. The Morgan fingerprint density at radius 3 is 2.89 bits per heavy atom. The maximum atomic E-state index is 13.8. The zero-order valence-electron chi connectivity index (χ0n) is 11.1. The van der Waals surface area contributed by atoms with Crippen molar-refractivity contribution in [1.29, 1.82) is 0 Å². The zero-order chi connectivity index (χ0) is 13.6. The van der Waals surface area contributed by atoms with Gasteiger partial charge in [-0.05, 0) is 49.9 Å². The normalized spacial score (nSPS) is 31.9. The Hall–Kier alpha value is -0.640. The molecule has 2 fully saturated rings. The van der Waals surface area contributed by atoms with E-state index in [4.69, 9.17) is 11.6 Å². The molecule has 19 heavy (non-hydrogen) atoms. The van der Waals surface area contributed by atoms with Gasteiger partial charge in [-0.3, -0.25) is 4.90 Å². The van der Waals surface area contributed by atoms with Gasteiger partial charge >= 0.3 is 0 Å². The minimum atomic E-state index is -0.826. The molecule has 1 saturated carbocycles. The van der Waals surface area contributed by atoms with Crippen molar-refractivity contribution < 1.29 is 9.50 Å². The van der Waals surface area contributed by atoms with Crippen LogP contribution < -0.4 is 0 Å². The van der Waals surface area contributed by atoms with Gasteiger partial charge in [-0.25, -0.2) is 4.39 Å². The first-order chi connectivity index (χ1) is 8.97. The van der Waals surface area contributed by atoms with Gasteiger partial charge in [0.15, 0.2) is 0 Å². The van der Waals surface area contributed by atoms with Gasteiger partial charge in [0.2, 0.25) is 0 Å². The smallest absolute Gasteiger partial charge is 0.126 e. The quantitative estimate of drug-likeness (QED) is 0.922. The van der Waals surface area contributed by atoms with E-state index in [-0.39, 0.29) is 5.82 Å². The topological polar surface area (TPSA) is 23.5 Å². The van der Waals surface area contributed by atoms with Crippen molar-refractivity contribution in [1.82, 2.24) is 4.90 Å². The van der Waals surface area contributed by atoms with E-state index in [0.717, 1.165) is 0 Å². The Balaban J connectivity index is 1.76. The summed E-state index contributed by atoms with van der Waals surface area (Å²) in [5, 5.41) is 11.2. The maximum Gasteiger partial charge on any atom is 0.126 e. The Morgan fingerprint density at radius 1 is 1.47 bits per heavy atom. The van der Waals surface area contributed by atoms with Crippen molar-refractivity contribution in [3.8, 4) is 0 Å². The Bertz CT molecular complexity index is 491. The summed E-state index contributed by atoms with van der Waals surface area (Å²) in [5.41, 5.74) is -0.312. The number of hydrogen-bond acceptors (Lipinski definition) is 2. The van der Waals surface area contributed by atoms with Crippen LogP contribution in [0.25, 0.3) is 0 Å². The molecule has 1 aromatic carbocycles. The van der Waals surface area contributed by atoms with Crippen LogP contribution in [0.3, 0.4) is 0 Å². The van der Waals surface area contributed by atoms with Crippen molar-refractivity contribution in [3.05, 3.63) is 34.6 Å². The van der Waals surface area contributed by atoms with Gasteiger partial charge in [0.25, 0.3) is 0 Å². The van der Waals surface area contributed by atoms with Crippen LogP contribution >= 0.6 is 11.6 Å². The molecule has 0 spiro atoms. The molecule has 2 atom stereocenters. The first-order valence-electron chi connectivity index (χ1n) is 6.89. The lowest BCUT2D eigenvalue weighted by molar-refractivity contribution is 0.0479. The minimum Gasteiger partial charge on any atom is -0.388 e. The summed E-state index contributed by atoms with van der Waals surface area (Å²) in [4.78, 5) is 2.36. The van der Waals surface area contributed by atoms with Crippen LogP contribution in [0.5, 0.6) is 0 Å². The highest BCUT2D eigenvalue weighted by Crippen LogP contribution is 2.38. The largest absolute Gasteiger partial charge is 0.388 e. The Kier molecular flexibility index (Phi) is 3.32. The van der Waals surface area contributed by atoms with Crippen molar-refractivity contribution in [3.63, 3.8) is 0 Å². The molecule has 1 aliphatic carbocycles. The van der Waals surface area contributed by atoms with E-state index < -0.39 is 5.60 Å². The van der Waals surface area contributed by atoms with E-state index in [0.29, 0.717) is 42.1 Å². The summed E-state index contributed by atoms with van der Waals surface area (Å²) < 4.78 is 13.8. The van der Waals surface area contributed by atoms with E-state index in [1.54, 1.807) is 6.07 Å². The first-order valence-corrected chi connectivity index (χ1v) is 7.27. The molecule has 3 rings (SSSR count). The molecule has 104 valence electrons. The summed E-state index contributed by atoms with van der Waals surface area (Å²) >= 11 is 5.91. The lowest BCUT2D eigenvalue weighted by Gasteiger charge is -2.24. The summed E-state index contributed by atoms with van der Waals surface area (Å²) in [6.07, 6.45) is 3.50. The molecule has 0 amide bonds. The van der Waals surface area contributed by atoms with Crippen molar-refractivity contribution in [2.75, 3.05) is 6.54 Å². The lowest BCUT2D eigenvalue weighted by atomic mass is 9.92. The number of likely N-dealkylation sites (tertiary alicyclic amines) is 1. The Labute approximate surface area is 118 Å². The molecular weight excluding hydrogens is 265 g/mol. The second-order valence-electron chi connectivity index (χ2n) is 6.09. The van der Waals surface area contributed by atoms with Crippen molar-refractivity contribution in [2.45, 2.75) is 50.3 Å². The fourth-order valence-corrected chi connectivity index (χ4v) is 3.48. The van der Waals surface area contributed by atoms with Crippen LogP contribution in [0, 0.1) is 5.82 Å². The van der Waals surface area contributed by atoms with Gasteiger partial charge < -0.3 is 5.11 Å². The van der Waals surface area contributed by atoms with Crippen molar-refractivity contribution in [2.24, 2.45) is 0 Å². The molecule has 0 bridgehead atoms. The molecule has 2 unspecified atom stereocenters. The van der Waals surface area contributed by atoms with Gasteiger partial charge in [-0.2, -0.15) is 0 Å². The van der Waals surface area contributed by atoms with E-state index in [9.17, 15) is 9.50 Å². The third kappa shape index (κ3) is 2.78. The number of hydrogen-bond donors (Lipinski definition) is 1. The lowest BCUT2D eigenvalue weighted by Crippen LogP contribution is -2.36. The molecule has 4 heteroatoms. The number of aliphatic hydroxyl groups is 1. The standard InChI is InChI=1S/C15H19ClFNO/c1-10-7-15(19,9-18(10)13-3-4-13)8-11-6-12(16)2-5-14(11)17/h2,5-6,10,13,19H,3-4,7-9H2,1H3. The minimum absolute atomic E-state index is 0.282. The van der Waals surface area contributed by atoms with Gasteiger partial charge in [0.1, 0.15) is 5.82 Å². The number of rotatable bonds is 3. The van der Waals surface area contributed by atoms with Crippen LogP contribution in [0.4, 0.5) is 4.39 Å². The van der Waals surface area contributed by atoms with Crippen LogP contribution in [0.15, 0.2) is 18.2 Å². The SMILES string of the molecule is CC1CC(O)(Cc2cc(Cl)ccc2F)CN1C1CC1. The Morgan fingerprint density at radius 2 is 2.21 bits per heavy atom. The summed E-state index contributed by atoms with van der Waals surface area (Å²) in [7, 11) is 0. The number of β-amino-alcohol motifs (C(OH)–C–C–N with tert-alkyl or cyclic N) is 1. The fourth-order valence-electron chi connectivity index (χ4n) is 3.28. The zero-order valence-corrected chi connectivity index (χ0v) is 11.8. The molecule has 2 aliphatic rings. The van der Waals surface area contributed by atoms with Gasteiger partial charge in [0.05, 0.1) is 5.60 Å². The molecule has 2 nitrogen and oxygen atoms in total.